The molecule has 0 N–H and O–H groups in total. The minimum Gasteiger partial charge on any atom is -0.493 e. The van der Waals surface area contributed by atoms with Gasteiger partial charge in [-0.3, -0.25) is 0 Å². The Balaban J connectivity index is 1.74. The van der Waals surface area contributed by atoms with Crippen molar-refractivity contribution in [1.82, 2.24) is 10.1 Å². The van der Waals surface area contributed by atoms with Crippen LogP contribution in [0.15, 0.2) is 50.1 Å². The van der Waals surface area contributed by atoms with E-state index in [9.17, 15) is 4.79 Å². The lowest BCUT2D eigenvalue weighted by atomic mass is 10.1. The average Bonchev–Trinajstić information content (AvgIpc) is 3.33. The average molecular weight is 451 g/mol. The molecule has 33 heavy (non-hydrogen) atoms. The first-order chi connectivity index (χ1) is 16.0. The van der Waals surface area contributed by atoms with Crippen molar-refractivity contribution >= 4 is 16.7 Å². The SMILES string of the molecule is CCN(CC)c1ccc2cc(-c3nc(-c4cc(OC)c(OC)c(OC)c4)no3)c(=O)oc2c1. The number of ether oxygens (including phenoxy) is 3. The fourth-order valence-electron chi connectivity index (χ4n) is 3.69. The minimum atomic E-state index is -0.556. The van der Waals surface area contributed by atoms with Crippen LogP contribution in [-0.2, 0) is 0 Å². The molecule has 4 rings (SSSR count). The molecule has 9 nitrogen and oxygen atoms in total. The van der Waals surface area contributed by atoms with Gasteiger partial charge in [0, 0.05) is 35.8 Å². The van der Waals surface area contributed by atoms with Crippen molar-refractivity contribution in [2.45, 2.75) is 13.8 Å². The number of methoxy groups -OCH3 is 3. The Bertz CT molecular complexity index is 1310. The Kier molecular flexibility index (Phi) is 6.21. The Morgan fingerprint density at radius 1 is 0.939 bits per heavy atom. The highest BCUT2D eigenvalue weighted by molar-refractivity contribution is 5.83. The van der Waals surface area contributed by atoms with Crippen molar-refractivity contribution in [2.24, 2.45) is 0 Å². The van der Waals surface area contributed by atoms with Crippen LogP contribution in [0.25, 0.3) is 33.8 Å². The molecule has 2 aromatic carbocycles. The molecule has 0 aliphatic carbocycles. The lowest BCUT2D eigenvalue weighted by Crippen LogP contribution is -2.21. The zero-order chi connectivity index (χ0) is 23.5. The Labute approximate surface area is 190 Å². The quantitative estimate of drug-likeness (QED) is 0.361. The van der Waals surface area contributed by atoms with Crippen molar-refractivity contribution in [3.05, 3.63) is 46.8 Å². The first kappa shape index (κ1) is 22.2. The molecule has 0 amide bonds. The van der Waals surface area contributed by atoms with Crippen LogP contribution in [0.1, 0.15) is 13.8 Å². The third-order valence-corrected chi connectivity index (χ3v) is 5.43. The summed E-state index contributed by atoms with van der Waals surface area (Å²) in [5.74, 6) is 1.68. The summed E-state index contributed by atoms with van der Waals surface area (Å²) in [6.07, 6.45) is 0. The lowest BCUT2D eigenvalue weighted by Gasteiger charge is -2.20. The molecule has 0 unspecified atom stereocenters. The highest BCUT2D eigenvalue weighted by atomic mass is 16.5. The van der Waals surface area contributed by atoms with Crippen molar-refractivity contribution in [1.29, 1.82) is 0 Å². The molecule has 2 heterocycles. The van der Waals surface area contributed by atoms with E-state index in [0.717, 1.165) is 24.2 Å². The van der Waals surface area contributed by atoms with E-state index in [1.807, 2.05) is 18.2 Å². The second kappa shape index (κ2) is 9.23. The highest BCUT2D eigenvalue weighted by Crippen LogP contribution is 2.40. The molecule has 0 saturated heterocycles. The molecule has 0 fully saturated rings. The number of rotatable bonds is 8. The van der Waals surface area contributed by atoms with Crippen LogP contribution in [0.2, 0.25) is 0 Å². The third kappa shape index (κ3) is 4.09. The number of hydrogen-bond acceptors (Lipinski definition) is 9. The van der Waals surface area contributed by atoms with Crippen LogP contribution in [0.3, 0.4) is 0 Å². The van der Waals surface area contributed by atoms with Gasteiger partial charge >= 0.3 is 5.63 Å². The summed E-state index contributed by atoms with van der Waals surface area (Å²) in [5.41, 5.74) is 1.69. The highest BCUT2D eigenvalue weighted by Gasteiger charge is 2.20. The summed E-state index contributed by atoms with van der Waals surface area (Å²) < 4.78 is 27.1. The minimum absolute atomic E-state index is 0.0576. The van der Waals surface area contributed by atoms with Gasteiger partial charge in [0.1, 0.15) is 11.1 Å². The Morgan fingerprint density at radius 3 is 2.24 bits per heavy atom. The maximum Gasteiger partial charge on any atom is 0.349 e. The number of fused-ring (bicyclic) bond motifs is 1. The standard InChI is InChI=1S/C24H25N3O6/c1-6-27(7-2)16-9-8-14-10-17(24(28)32-18(14)13-16)23-25-22(26-33-23)15-11-19(29-3)21(31-5)20(12-15)30-4/h8-13H,6-7H2,1-5H3. The van der Waals surface area contributed by atoms with Gasteiger partial charge in [0.05, 0.1) is 21.3 Å². The molecule has 0 spiro atoms. The van der Waals surface area contributed by atoms with E-state index in [0.29, 0.717) is 28.4 Å². The molecule has 0 bridgehead atoms. The third-order valence-electron chi connectivity index (χ3n) is 5.43. The van der Waals surface area contributed by atoms with Gasteiger partial charge in [0.2, 0.25) is 11.6 Å². The van der Waals surface area contributed by atoms with Crippen molar-refractivity contribution in [3.63, 3.8) is 0 Å². The largest absolute Gasteiger partial charge is 0.493 e. The molecule has 0 aliphatic heterocycles. The van der Waals surface area contributed by atoms with Gasteiger partial charge in [-0.25, -0.2) is 4.79 Å². The topological polar surface area (TPSA) is 100 Å². The van der Waals surface area contributed by atoms with Crippen molar-refractivity contribution in [3.8, 4) is 40.1 Å². The maximum absolute atomic E-state index is 12.7. The molecular formula is C24H25N3O6. The summed E-state index contributed by atoms with van der Waals surface area (Å²) in [6.45, 7) is 5.87. The van der Waals surface area contributed by atoms with Gasteiger partial charge in [-0.2, -0.15) is 4.98 Å². The van der Waals surface area contributed by atoms with E-state index >= 15 is 0 Å². The number of nitrogens with zero attached hydrogens (tertiary/aromatic N) is 3. The second-order valence-electron chi connectivity index (χ2n) is 7.18. The van der Waals surface area contributed by atoms with Crippen LogP contribution in [0.5, 0.6) is 17.2 Å². The first-order valence-electron chi connectivity index (χ1n) is 10.5. The van der Waals surface area contributed by atoms with E-state index in [1.54, 1.807) is 18.2 Å². The maximum atomic E-state index is 12.7. The summed E-state index contributed by atoms with van der Waals surface area (Å²) in [7, 11) is 4.57. The van der Waals surface area contributed by atoms with Crippen molar-refractivity contribution < 1.29 is 23.2 Å². The molecule has 2 aromatic heterocycles. The molecule has 0 saturated carbocycles. The zero-order valence-electron chi connectivity index (χ0n) is 19.2. The predicted octanol–water partition coefficient (Wildman–Crippen LogP) is 4.38. The second-order valence-corrected chi connectivity index (χ2v) is 7.18. The summed E-state index contributed by atoms with van der Waals surface area (Å²) in [4.78, 5) is 19.3. The molecule has 172 valence electrons. The lowest BCUT2D eigenvalue weighted by molar-refractivity contribution is 0.324. The molecular weight excluding hydrogens is 426 g/mol. The van der Waals surface area contributed by atoms with Crippen molar-refractivity contribution in [2.75, 3.05) is 39.3 Å². The predicted molar refractivity (Wildman–Crippen MR) is 124 cm³/mol. The molecule has 0 atom stereocenters. The van der Waals surface area contributed by atoms with Gasteiger partial charge in [-0.15, -0.1) is 0 Å². The number of hydrogen-bond donors (Lipinski definition) is 0. The van der Waals surface area contributed by atoms with E-state index in [1.165, 1.54) is 21.3 Å². The summed E-state index contributed by atoms with van der Waals surface area (Å²) in [6, 6.07) is 10.9. The molecule has 0 radical (unpaired) electrons. The van der Waals surface area contributed by atoms with Crippen LogP contribution >= 0.6 is 0 Å². The van der Waals surface area contributed by atoms with Gasteiger partial charge in [-0.05, 0) is 44.2 Å². The van der Waals surface area contributed by atoms with E-state index in [4.69, 9.17) is 23.2 Å². The molecule has 0 aliphatic rings. The number of aromatic nitrogens is 2. The Morgan fingerprint density at radius 2 is 1.64 bits per heavy atom. The summed E-state index contributed by atoms with van der Waals surface area (Å²) in [5, 5.41) is 4.78. The van der Waals surface area contributed by atoms with E-state index < -0.39 is 5.63 Å². The fraction of sp³-hybridized carbons (Fsp3) is 0.292. The van der Waals surface area contributed by atoms with E-state index in [-0.39, 0.29) is 17.3 Å². The normalized spacial score (nSPS) is 10.9. The number of anilines is 1. The van der Waals surface area contributed by atoms with Crippen LogP contribution < -0.4 is 24.7 Å². The van der Waals surface area contributed by atoms with Crippen LogP contribution in [0.4, 0.5) is 5.69 Å². The summed E-state index contributed by atoms with van der Waals surface area (Å²) >= 11 is 0. The smallest absolute Gasteiger partial charge is 0.349 e. The Hall–Kier alpha value is -4.01. The molecule has 9 heteroatoms. The molecule has 4 aromatic rings. The van der Waals surface area contributed by atoms with Gasteiger partial charge in [0.15, 0.2) is 11.5 Å². The van der Waals surface area contributed by atoms with Gasteiger partial charge in [0.25, 0.3) is 5.89 Å². The monoisotopic (exact) mass is 451 g/mol. The fourth-order valence-corrected chi connectivity index (χ4v) is 3.69. The van der Waals surface area contributed by atoms with Gasteiger partial charge in [-0.1, -0.05) is 5.16 Å². The number of benzene rings is 2. The first-order valence-corrected chi connectivity index (χ1v) is 10.5. The zero-order valence-corrected chi connectivity index (χ0v) is 19.2. The van der Waals surface area contributed by atoms with Crippen LogP contribution in [-0.4, -0.2) is 44.6 Å². The van der Waals surface area contributed by atoms with Crippen LogP contribution in [0, 0.1) is 0 Å². The van der Waals surface area contributed by atoms with Gasteiger partial charge < -0.3 is 28.1 Å². The van der Waals surface area contributed by atoms with E-state index in [2.05, 4.69) is 28.9 Å².